The Balaban J connectivity index is 0.931. The van der Waals surface area contributed by atoms with Gasteiger partial charge in [-0.2, -0.15) is 0 Å². The molecule has 0 bridgehead atoms. The Morgan fingerprint density at radius 3 is 1.79 bits per heavy atom. The van der Waals surface area contributed by atoms with E-state index in [9.17, 15) is 0 Å². The largest absolute Gasteiger partial charge is 0.310 e. The molecule has 2 heteroatoms. The second-order valence-electron chi connectivity index (χ2n) is 17.3. The minimum atomic E-state index is -0.0537. The maximum absolute atomic E-state index is 2.53. The lowest BCUT2D eigenvalue weighted by Gasteiger charge is -2.28. The summed E-state index contributed by atoms with van der Waals surface area (Å²) in [6.07, 6.45) is 3.57. The lowest BCUT2D eigenvalue weighted by atomic mass is 9.76. The van der Waals surface area contributed by atoms with E-state index in [-0.39, 0.29) is 10.8 Å². The van der Waals surface area contributed by atoms with Gasteiger partial charge in [-0.25, -0.2) is 0 Å². The van der Waals surface area contributed by atoms with Crippen LogP contribution in [0.4, 0.5) is 0 Å². The van der Waals surface area contributed by atoms with Crippen LogP contribution in [0.3, 0.4) is 0 Å². The molecule has 268 valence electrons. The molecule has 1 atom stereocenters. The molecule has 0 amide bonds. The molecule has 0 saturated carbocycles. The monoisotopic (exact) mass is 718 g/mol. The minimum Gasteiger partial charge on any atom is -0.310 e. The van der Waals surface area contributed by atoms with Crippen molar-refractivity contribution >= 4 is 38.8 Å². The van der Waals surface area contributed by atoms with Crippen LogP contribution in [0.1, 0.15) is 67.1 Å². The van der Waals surface area contributed by atoms with Crippen LogP contribution in [-0.2, 0) is 17.3 Å². The maximum atomic E-state index is 2.53. The number of nitrogens with zero attached hydrogens (tertiary/aromatic N) is 2. The van der Waals surface area contributed by atoms with E-state index in [0.717, 1.165) is 6.42 Å². The molecule has 0 fully saturated rings. The molecular formula is C54H42N2. The normalized spacial score (nSPS) is 17.1. The van der Waals surface area contributed by atoms with Crippen LogP contribution >= 0.6 is 0 Å². The van der Waals surface area contributed by atoms with Gasteiger partial charge in [0.1, 0.15) is 0 Å². The number of para-hydroxylation sites is 2. The standard InChI is InChI=1S/C54H42N2/c1-53(2)45-17-9-5-13-37(45)41-29-43-39-15-7-11-19-49(39)55(51(43)31-47(41)53)35-25-21-33(22-26-35)34-23-27-36(28-24-34)56-50-20-12-8-16-40(50)44-30-42-38-14-6-10-18-46(38)54(3,4)48(42)32-52(44)56/h5-29,31-32,42H,30H2,1-4H3. The van der Waals surface area contributed by atoms with E-state index in [1.807, 2.05) is 0 Å². The van der Waals surface area contributed by atoms with Crippen molar-refractivity contribution in [2.75, 3.05) is 0 Å². The van der Waals surface area contributed by atoms with Gasteiger partial charge < -0.3 is 9.13 Å². The molecule has 0 saturated heterocycles. The second-order valence-corrected chi connectivity index (χ2v) is 17.3. The van der Waals surface area contributed by atoms with E-state index in [2.05, 4.69) is 201 Å². The number of hydrogen-bond acceptors (Lipinski definition) is 0. The first-order valence-corrected chi connectivity index (χ1v) is 20.1. The molecule has 9 aromatic rings. The summed E-state index contributed by atoms with van der Waals surface area (Å²) >= 11 is 0. The van der Waals surface area contributed by atoms with Gasteiger partial charge in [-0.15, -0.1) is 0 Å². The van der Waals surface area contributed by atoms with Gasteiger partial charge in [0.25, 0.3) is 0 Å². The van der Waals surface area contributed by atoms with Crippen molar-refractivity contribution in [1.82, 2.24) is 9.13 Å². The first kappa shape index (κ1) is 31.9. The Bertz CT molecular complexity index is 3140. The minimum absolute atomic E-state index is 0.0119. The fourth-order valence-electron chi connectivity index (χ4n) is 11.0. The molecule has 2 heterocycles. The topological polar surface area (TPSA) is 9.86 Å². The molecule has 2 nitrogen and oxygen atoms in total. The van der Waals surface area contributed by atoms with Crippen molar-refractivity contribution in [3.63, 3.8) is 0 Å². The smallest absolute Gasteiger partial charge is 0.0544 e. The van der Waals surface area contributed by atoms with Gasteiger partial charge in [0.2, 0.25) is 0 Å². The zero-order chi connectivity index (χ0) is 37.5. The summed E-state index contributed by atoms with van der Waals surface area (Å²) in [7, 11) is 0. The highest BCUT2D eigenvalue weighted by Gasteiger charge is 2.44. The van der Waals surface area contributed by atoms with Crippen LogP contribution in [0.2, 0.25) is 0 Å². The third-order valence-electron chi connectivity index (χ3n) is 13.8. The maximum Gasteiger partial charge on any atom is 0.0544 e. The summed E-state index contributed by atoms with van der Waals surface area (Å²) in [5.74, 6) is 0.436. The Kier molecular flexibility index (Phi) is 6.33. The molecule has 0 spiro atoms. The van der Waals surface area contributed by atoms with E-state index < -0.39 is 0 Å². The van der Waals surface area contributed by atoms with Crippen LogP contribution in [0.5, 0.6) is 0 Å². The molecule has 3 aliphatic carbocycles. The molecule has 0 radical (unpaired) electrons. The summed E-state index contributed by atoms with van der Waals surface area (Å²) in [6.45, 7) is 9.55. The summed E-state index contributed by atoms with van der Waals surface area (Å²) in [4.78, 5) is 0. The highest BCUT2D eigenvalue weighted by molar-refractivity contribution is 6.11. The number of benzene rings is 7. The second kappa shape index (κ2) is 11.1. The predicted octanol–water partition coefficient (Wildman–Crippen LogP) is 13.7. The van der Waals surface area contributed by atoms with E-state index in [1.165, 1.54) is 105 Å². The Morgan fingerprint density at radius 2 is 1.05 bits per heavy atom. The van der Waals surface area contributed by atoms with Gasteiger partial charge in [0.15, 0.2) is 0 Å². The van der Waals surface area contributed by atoms with Crippen LogP contribution in [0, 0.1) is 0 Å². The van der Waals surface area contributed by atoms with Gasteiger partial charge in [0, 0.05) is 44.3 Å². The van der Waals surface area contributed by atoms with Crippen molar-refractivity contribution in [1.29, 1.82) is 0 Å². The number of fused-ring (bicyclic) bond motifs is 12. The number of aromatic nitrogens is 2. The fourth-order valence-corrected chi connectivity index (χ4v) is 11.0. The summed E-state index contributed by atoms with van der Waals surface area (Å²) in [5.41, 5.74) is 21.4. The molecule has 1 unspecified atom stereocenters. The van der Waals surface area contributed by atoms with Gasteiger partial charge in [-0.1, -0.05) is 142 Å². The van der Waals surface area contributed by atoms with Gasteiger partial charge in [-0.3, -0.25) is 0 Å². The Hall–Kier alpha value is -6.38. The third-order valence-corrected chi connectivity index (χ3v) is 13.8. The van der Waals surface area contributed by atoms with Crippen LogP contribution in [0.15, 0.2) is 163 Å². The average molecular weight is 719 g/mol. The van der Waals surface area contributed by atoms with Crippen molar-refractivity contribution in [3.8, 4) is 33.6 Å². The number of allylic oxidation sites excluding steroid dienone is 1. The highest BCUT2D eigenvalue weighted by atomic mass is 15.0. The molecule has 7 aromatic carbocycles. The lowest BCUT2D eigenvalue weighted by molar-refractivity contribution is 0.613. The van der Waals surface area contributed by atoms with Crippen molar-refractivity contribution in [2.45, 2.75) is 50.9 Å². The van der Waals surface area contributed by atoms with Crippen LogP contribution in [-0.4, -0.2) is 9.13 Å². The fraction of sp³-hybridized carbons (Fsp3) is 0.148. The van der Waals surface area contributed by atoms with Gasteiger partial charge >= 0.3 is 0 Å². The number of rotatable bonds is 3. The van der Waals surface area contributed by atoms with Crippen LogP contribution < -0.4 is 0 Å². The third kappa shape index (κ3) is 4.17. The predicted molar refractivity (Wildman–Crippen MR) is 235 cm³/mol. The number of hydrogen-bond donors (Lipinski definition) is 0. The van der Waals surface area contributed by atoms with E-state index in [1.54, 1.807) is 0 Å². The van der Waals surface area contributed by atoms with Crippen molar-refractivity contribution < 1.29 is 0 Å². The molecule has 0 N–H and O–H groups in total. The quantitative estimate of drug-likeness (QED) is 0.172. The van der Waals surface area contributed by atoms with Gasteiger partial charge in [-0.05, 0) is 111 Å². The zero-order valence-electron chi connectivity index (χ0n) is 32.3. The average Bonchev–Trinajstić information content (AvgIpc) is 3.88. The van der Waals surface area contributed by atoms with E-state index >= 15 is 0 Å². The molecule has 3 aliphatic rings. The molecule has 12 rings (SSSR count). The lowest BCUT2D eigenvalue weighted by Crippen LogP contribution is -2.19. The van der Waals surface area contributed by atoms with E-state index in [0.29, 0.717) is 5.92 Å². The van der Waals surface area contributed by atoms with Crippen molar-refractivity contribution in [3.05, 3.63) is 197 Å². The van der Waals surface area contributed by atoms with Crippen molar-refractivity contribution in [2.24, 2.45) is 0 Å². The molecule has 56 heavy (non-hydrogen) atoms. The summed E-state index contributed by atoms with van der Waals surface area (Å²) in [5, 5.41) is 3.96. The van der Waals surface area contributed by atoms with E-state index in [4.69, 9.17) is 0 Å². The summed E-state index contributed by atoms with van der Waals surface area (Å²) in [6, 6.07) is 59.1. The SMILES string of the molecule is CC1(C)C2=Cc3c(c4ccccc4n3-c3ccc(-c4ccc(-n5c6ccccc6c6cc7c(cc65)C(C)(C)c5ccccc5-7)cc4)cc3)CC2c2ccccc21. The molecule has 2 aromatic heterocycles. The Morgan fingerprint density at radius 1 is 0.464 bits per heavy atom. The summed E-state index contributed by atoms with van der Waals surface area (Å²) < 4.78 is 4.96. The first-order chi connectivity index (χ1) is 27.3. The van der Waals surface area contributed by atoms with Gasteiger partial charge in [0.05, 0.1) is 22.2 Å². The Labute approximate surface area is 328 Å². The zero-order valence-corrected chi connectivity index (χ0v) is 32.3. The molecule has 0 aliphatic heterocycles. The first-order valence-electron chi connectivity index (χ1n) is 20.1. The molecular weight excluding hydrogens is 677 g/mol. The highest BCUT2D eigenvalue weighted by Crippen LogP contribution is 2.55. The van der Waals surface area contributed by atoms with Crippen LogP contribution in [0.25, 0.3) is 72.4 Å².